The molecule has 15 heavy (non-hydrogen) atoms. The summed E-state index contributed by atoms with van der Waals surface area (Å²) in [4.78, 5) is 2.32. The molecule has 0 aromatic heterocycles. The molecule has 0 saturated carbocycles. The summed E-state index contributed by atoms with van der Waals surface area (Å²) in [5, 5.41) is 0. The van der Waals surface area contributed by atoms with Crippen LogP contribution in [0.2, 0.25) is 0 Å². The molecule has 1 aromatic carbocycles. The molecule has 0 radical (unpaired) electrons. The monoisotopic (exact) mass is 269 g/mol. The molecule has 1 nitrogen and oxygen atoms in total. The van der Waals surface area contributed by atoms with Gasteiger partial charge in [-0.05, 0) is 38.6 Å². The van der Waals surface area contributed by atoms with Gasteiger partial charge in [0.1, 0.15) is 0 Å². The van der Waals surface area contributed by atoms with E-state index in [0.717, 1.165) is 11.0 Å². The Labute approximate surface area is 102 Å². The highest BCUT2D eigenvalue weighted by atomic mass is 79.9. The third kappa shape index (κ3) is 5.75. The summed E-state index contributed by atoms with van der Waals surface area (Å²) >= 11 is 3.43. The second kappa shape index (κ2) is 7.66. The quantitative estimate of drug-likeness (QED) is 0.748. The van der Waals surface area contributed by atoms with Crippen LogP contribution in [0.25, 0.3) is 0 Å². The molecule has 0 N–H and O–H groups in total. The summed E-state index contributed by atoms with van der Waals surface area (Å²) in [5.41, 5.74) is 1.36. The van der Waals surface area contributed by atoms with Gasteiger partial charge in [0.2, 0.25) is 0 Å². The number of hydrogen-bond donors (Lipinski definition) is 0. The van der Waals surface area contributed by atoms with E-state index in [1.54, 1.807) is 0 Å². The van der Waals surface area contributed by atoms with E-state index in [9.17, 15) is 0 Å². The first kappa shape index (κ1) is 14.4. The minimum atomic E-state index is 0.601. The van der Waals surface area contributed by atoms with Crippen LogP contribution in [-0.4, -0.2) is 18.0 Å². The zero-order valence-corrected chi connectivity index (χ0v) is 11.4. The van der Waals surface area contributed by atoms with Crippen LogP contribution in [0.4, 0.5) is 0 Å². The summed E-state index contributed by atoms with van der Waals surface area (Å²) in [6.07, 6.45) is 0. The Morgan fingerprint density at radius 2 is 1.67 bits per heavy atom. The Kier molecular flexibility index (Phi) is 7.35. The lowest BCUT2D eigenvalue weighted by Crippen LogP contribution is -2.25. The number of nitrogens with zero attached hydrogens (tertiary/aromatic N) is 1. The minimum absolute atomic E-state index is 0.601. The predicted molar refractivity (Wildman–Crippen MR) is 72.0 cm³/mol. The van der Waals surface area contributed by atoms with Crippen LogP contribution in [0, 0.1) is 0 Å². The zero-order chi connectivity index (χ0) is 11.8. The SMILES string of the molecule is C=C.CC(C)N(C)Cc1ccc(Br)cc1. The first-order valence-corrected chi connectivity index (χ1v) is 5.83. The van der Waals surface area contributed by atoms with Crippen molar-refractivity contribution in [3.63, 3.8) is 0 Å². The van der Waals surface area contributed by atoms with E-state index in [1.165, 1.54) is 5.56 Å². The highest BCUT2D eigenvalue weighted by molar-refractivity contribution is 9.10. The highest BCUT2D eigenvalue weighted by Gasteiger charge is 2.03. The minimum Gasteiger partial charge on any atom is -0.300 e. The summed E-state index contributed by atoms with van der Waals surface area (Å²) in [7, 11) is 2.15. The second-order valence-electron chi connectivity index (χ2n) is 3.64. The van der Waals surface area contributed by atoms with Crippen LogP contribution >= 0.6 is 15.9 Å². The Morgan fingerprint density at radius 1 is 1.20 bits per heavy atom. The lowest BCUT2D eigenvalue weighted by Gasteiger charge is -2.20. The Bertz CT molecular complexity index is 266. The summed E-state index contributed by atoms with van der Waals surface area (Å²) in [6, 6.07) is 9.09. The van der Waals surface area contributed by atoms with Gasteiger partial charge in [0.15, 0.2) is 0 Å². The maximum atomic E-state index is 3.43. The maximum Gasteiger partial charge on any atom is 0.0233 e. The first-order chi connectivity index (χ1) is 7.09. The molecule has 0 heterocycles. The molecule has 0 saturated heterocycles. The fraction of sp³-hybridized carbons (Fsp3) is 0.385. The molecule has 0 amide bonds. The van der Waals surface area contributed by atoms with Gasteiger partial charge in [0.05, 0.1) is 0 Å². The van der Waals surface area contributed by atoms with Gasteiger partial charge in [-0.25, -0.2) is 0 Å². The summed E-state index contributed by atoms with van der Waals surface area (Å²) in [5.74, 6) is 0. The molecule has 0 aliphatic rings. The number of halogens is 1. The fourth-order valence-electron chi connectivity index (χ4n) is 1.06. The molecule has 1 aromatic rings. The van der Waals surface area contributed by atoms with Gasteiger partial charge < -0.3 is 0 Å². The van der Waals surface area contributed by atoms with Crippen LogP contribution in [0.3, 0.4) is 0 Å². The lowest BCUT2D eigenvalue weighted by atomic mass is 10.2. The van der Waals surface area contributed by atoms with Gasteiger partial charge in [-0.1, -0.05) is 28.1 Å². The van der Waals surface area contributed by atoms with Gasteiger partial charge >= 0.3 is 0 Å². The molecule has 0 unspecified atom stereocenters. The van der Waals surface area contributed by atoms with Crippen LogP contribution in [0.15, 0.2) is 41.9 Å². The van der Waals surface area contributed by atoms with Crippen molar-refractivity contribution in [3.05, 3.63) is 47.5 Å². The van der Waals surface area contributed by atoms with Crippen molar-refractivity contribution in [2.75, 3.05) is 7.05 Å². The molecule has 0 bridgehead atoms. The smallest absolute Gasteiger partial charge is 0.0233 e. The average Bonchev–Trinajstić information content (AvgIpc) is 2.24. The standard InChI is InChI=1S/C11H16BrN.C2H4/c1-9(2)13(3)8-10-4-6-11(12)7-5-10;1-2/h4-7,9H,8H2,1-3H3;1-2H2. The zero-order valence-electron chi connectivity index (χ0n) is 9.83. The summed E-state index contributed by atoms with van der Waals surface area (Å²) < 4.78 is 1.14. The Balaban J connectivity index is 0.000000921. The highest BCUT2D eigenvalue weighted by Crippen LogP contribution is 2.12. The predicted octanol–water partition coefficient (Wildman–Crippen LogP) is 4.09. The lowest BCUT2D eigenvalue weighted by molar-refractivity contribution is 0.266. The molecule has 0 aliphatic heterocycles. The van der Waals surface area contributed by atoms with Gasteiger partial charge in [-0.3, -0.25) is 4.90 Å². The molecular formula is C13H20BrN. The topological polar surface area (TPSA) is 3.24 Å². The van der Waals surface area contributed by atoms with Crippen molar-refractivity contribution in [1.82, 2.24) is 4.90 Å². The summed E-state index contributed by atoms with van der Waals surface area (Å²) in [6.45, 7) is 11.4. The van der Waals surface area contributed by atoms with Gasteiger partial charge in [0, 0.05) is 17.1 Å². The van der Waals surface area contributed by atoms with Crippen molar-refractivity contribution < 1.29 is 0 Å². The number of hydrogen-bond acceptors (Lipinski definition) is 1. The van der Waals surface area contributed by atoms with Gasteiger partial charge in [-0.15, -0.1) is 13.2 Å². The Morgan fingerprint density at radius 3 is 2.07 bits per heavy atom. The van der Waals surface area contributed by atoms with E-state index in [0.29, 0.717) is 6.04 Å². The van der Waals surface area contributed by atoms with Crippen molar-refractivity contribution >= 4 is 15.9 Å². The van der Waals surface area contributed by atoms with Crippen molar-refractivity contribution in [2.45, 2.75) is 26.4 Å². The average molecular weight is 270 g/mol. The van der Waals surface area contributed by atoms with E-state index in [2.05, 4.69) is 79.1 Å². The molecule has 0 spiro atoms. The van der Waals surface area contributed by atoms with Crippen LogP contribution in [-0.2, 0) is 6.54 Å². The largest absolute Gasteiger partial charge is 0.300 e. The van der Waals surface area contributed by atoms with E-state index in [4.69, 9.17) is 0 Å². The maximum absolute atomic E-state index is 3.43. The second-order valence-corrected chi connectivity index (χ2v) is 4.55. The fourth-order valence-corrected chi connectivity index (χ4v) is 1.32. The van der Waals surface area contributed by atoms with Crippen molar-refractivity contribution in [2.24, 2.45) is 0 Å². The molecule has 2 heteroatoms. The molecule has 84 valence electrons. The van der Waals surface area contributed by atoms with Gasteiger partial charge in [0.25, 0.3) is 0 Å². The molecule has 1 rings (SSSR count). The van der Waals surface area contributed by atoms with Crippen LogP contribution < -0.4 is 0 Å². The number of rotatable bonds is 3. The van der Waals surface area contributed by atoms with E-state index < -0.39 is 0 Å². The number of benzene rings is 1. The Hall–Kier alpha value is -0.600. The van der Waals surface area contributed by atoms with Crippen LogP contribution in [0.1, 0.15) is 19.4 Å². The van der Waals surface area contributed by atoms with E-state index >= 15 is 0 Å². The molecule has 0 atom stereocenters. The molecule has 0 aliphatic carbocycles. The van der Waals surface area contributed by atoms with Gasteiger partial charge in [-0.2, -0.15) is 0 Å². The molecule has 0 fully saturated rings. The van der Waals surface area contributed by atoms with E-state index in [1.807, 2.05) is 0 Å². The third-order valence-corrected chi connectivity index (χ3v) is 2.76. The third-order valence-electron chi connectivity index (χ3n) is 2.23. The van der Waals surface area contributed by atoms with Crippen molar-refractivity contribution in [3.8, 4) is 0 Å². The van der Waals surface area contributed by atoms with E-state index in [-0.39, 0.29) is 0 Å². The first-order valence-electron chi connectivity index (χ1n) is 5.04. The van der Waals surface area contributed by atoms with Crippen LogP contribution in [0.5, 0.6) is 0 Å². The van der Waals surface area contributed by atoms with Crippen molar-refractivity contribution in [1.29, 1.82) is 0 Å². The molecular weight excluding hydrogens is 250 g/mol. The normalized spacial score (nSPS) is 10.0.